The number of amides is 2. The maximum atomic E-state index is 11.7. The first-order valence-electron chi connectivity index (χ1n) is 5.54. The summed E-state index contributed by atoms with van der Waals surface area (Å²) in [6, 6.07) is -0.511. The van der Waals surface area contributed by atoms with Crippen LogP contribution in [0.2, 0.25) is 0 Å². The van der Waals surface area contributed by atoms with Crippen molar-refractivity contribution in [2.24, 2.45) is 11.8 Å². The summed E-state index contributed by atoms with van der Waals surface area (Å²) in [7, 11) is 0. The molecule has 5 heteroatoms. The van der Waals surface area contributed by atoms with Gasteiger partial charge in [0.05, 0.1) is 0 Å². The van der Waals surface area contributed by atoms with E-state index in [1.54, 1.807) is 0 Å². The second-order valence-electron chi connectivity index (χ2n) is 4.46. The Morgan fingerprint density at radius 2 is 1.81 bits per heavy atom. The van der Waals surface area contributed by atoms with E-state index in [9.17, 15) is 9.59 Å². The van der Waals surface area contributed by atoms with Gasteiger partial charge in [0, 0.05) is 20.1 Å². The van der Waals surface area contributed by atoms with Crippen LogP contribution in [0.3, 0.4) is 0 Å². The first kappa shape index (κ1) is 14.9. The maximum Gasteiger partial charge on any atom is 0.242 e. The third-order valence-corrected chi connectivity index (χ3v) is 2.24. The Morgan fingerprint density at radius 1 is 1.25 bits per heavy atom. The van der Waals surface area contributed by atoms with Gasteiger partial charge in [-0.2, -0.15) is 0 Å². The highest BCUT2D eigenvalue weighted by Crippen LogP contribution is 2.02. The predicted molar refractivity (Wildman–Crippen MR) is 61.7 cm³/mol. The van der Waals surface area contributed by atoms with E-state index in [1.165, 1.54) is 6.92 Å². The van der Waals surface area contributed by atoms with Gasteiger partial charge in [-0.3, -0.25) is 9.59 Å². The molecule has 0 rings (SSSR count). The van der Waals surface area contributed by atoms with Gasteiger partial charge in [0.25, 0.3) is 0 Å². The van der Waals surface area contributed by atoms with Gasteiger partial charge in [-0.1, -0.05) is 20.8 Å². The monoisotopic (exact) mass is 230 g/mol. The Bertz CT molecular complexity index is 241. The van der Waals surface area contributed by atoms with Crippen LogP contribution >= 0.6 is 0 Å². The molecule has 0 radical (unpaired) electrons. The number of hydrogen-bond donors (Lipinski definition) is 3. The number of carbonyl (C=O) groups is 2. The standard InChI is InChI=1S/C11H22N2O3/c1-7(2)10(13-9(4)15)11(16)12-5-8(3)6-14/h7-8,10,14H,5-6H2,1-4H3,(H,12,16)(H,13,15). The molecule has 0 fully saturated rings. The topological polar surface area (TPSA) is 78.4 Å². The molecule has 0 aromatic carbocycles. The van der Waals surface area contributed by atoms with Crippen molar-refractivity contribution in [3.8, 4) is 0 Å². The summed E-state index contributed by atoms with van der Waals surface area (Å²) in [6.07, 6.45) is 0. The molecule has 94 valence electrons. The van der Waals surface area contributed by atoms with Crippen molar-refractivity contribution in [2.45, 2.75) is 33.7 Å². The number of aliphatic hydroxyl groups is 1. The fourth-order valence-electron chi connectivity index (χ4n) is 1.20. The Hall–Kier alpha value is -1.10. The van der Waals surface area contributed by atoms with E-state index in [0.717, 1.165) is 0 Å². The van der Waals surface area contributed by atoms with Crippen LogP contribution in [0, 0.1) is 11.8 Å². The van der Waals surface area contributed by atoms with E-state index in [4.69, 9.17) is 5.11 Å². The van der Waals surface area contributed by atoms with Crippen molar-refractivity contribution < 1.29 is 14.7 Å². The Kier molecular flexibility index (Phi) is 6.72. The maximum absolute atomic E-state index is 11.7. The number of nitrogens with one attached hydrogen (secondary N) is 2. The molecule has 0 spiro atoms. The van der Waals surface area contributed by atoms with Gasteiger partial charge in [-0.05, 0) is 11.8 Å². The number of aliphatic hydroxyl groups excluding tert-OH is 1. The molecule has 0 aliphatic carbocycles. The lowest BCUT2D eigenvalue weighted by Gasteiger charge is -2.21. The van der Waals surface area contributed by atoms with Crippen molar-refractivity contribution in [1.82, 2.24) is 10.6 Å². The first-order chi connectivity index (χ1) is 7.38. The highest BCUT2D eigenvalue weighted by Gasteiger charge is 2.22. The van der Waals surface area contributed by atoms with E-state index >= 15 is 0 Å². The smallest absolute Gasteiger partial charge is 0.242 e. The van der Waals surface area contributed by atoms with Crippen molar-refractivity contribution in [3.63, 3.8) is 0 Å². The molecule has 2 unspecified atom stereocenters. The molecule has 16 heavy (non-hydrogen) atoms. The third-order valence-electron chi connectivity index (χ3n) is 2.24. The second kappa shape index (κ2) is 7.22. The lowest BCUT2D eigenvalue weighted by molar-refractivity contribution is -0.129. The minimum absolute atomic E-state index is 0.0223. The van der Waals surface area contributed by atoms with Crippen LogP contribution in [-0.4, -0.2) is 36.1 Å². The molecule has 0 aliphatic heterocycles. The van der Waals surface area contributed by atoms with Crippen LogP contribution in [0.25, 0.3) is 0 Å². The summed E-state index contributed by atoms with van der Waals surface area (Å²) in [4.78, 5) is 22.7. The van der Waals surface area contributed by atoms with Crippen LogP contribution < -0.4 is 10.6 Å². The molecule has 0 saturated heterocycles. The van der Waals surface area contributed by atoms with E-state index < -0.39 is 6.04 Å². The first-order valence-corrected chi connectivity index (χ1v) is 5.54. The van der Waals surface area contributed by atoms with E-state index in [-0.39, 0.29) is 30.3 Å². The highest BCUT2D eigenvalue weighted by molar-refractivity contribution is 5.86. The molecule has 5 nitrogen and oxygen atoms in total. The molecule has 0 aromatic rings. The van der Waals surface area contributed by atoms with Crippen molar-refractivity contribution in [3.05, 3.63) is 0 Å². The zero-order valence-electron chi connectivity index (χ0n) is 10.4. The molecule has 0 heterocycles. The van der Waals surface area contributed by atoms with E-state index in [1.807, 2.05) is 20.8 Å². The second-order valence-corrected chi connectivity index (χ2v) is 4.46. The lowest BCUT2D eigenvalue weighted by atomic mass is 10.0. The fraction of sp³-hybridized carbons (Fsp3) is 0.818. The summed E-state index contributed by atoms with van der Waals surface area (Å²) in [6.45, 7) is 7.41. The summed E-state index contributed by atoms with van der Waals surface area (Å²) < 4.78 is 0. The third kappa shape index (κ3) is 5.70. The molecular formula is C11H22N2O3. The molecule has 0 bridgehead atoms. The van der Waals surface area contributed by atoms with Gasteiger partial charge >= 0.3 is 0 Å². The fourth-order valence-corrected chi connectivity index (χ4v) is 1.20. The van der Waals surface area contributed by atoms with Crippen molar-refractivity contribution in [2.75, 3.05) is 13.2 Å². The zero-order chi connectivity index (χ0) is 12.7. The lowest BCUT2D eigenvalue weighted by Crippen LogP contribution is -2.50. The van der Waals surface area contributed by atoms with Crippen LogP contribution in [0.4, 0.5) is 0 Å². The molecule has 0 aromatic heterocycles. The summed E-state index contributed by atoms with van der Waals surface area (Å²) >= 11 is 0. The van der Waals surface area contributed by atoms with Gasteiger partial charge in [0.2, 0.25) is 11.8 Å². The van der Waals surface area contributed by atoms with Crippen LogP contribution in [0.5, 0.6) is 0 Å². The summed E-state index contributed by atoms with van der Waals surface area (Å²) in [5.41, 5.74) is 0. The average molecular weight is 230 g/mol. The SMILES string of the molecule is CC(=O)NC(C(=O)NCC(C)CO)C(C)C. The minimum atomic E-state index is -0.511. The number of carbonyl (C=O) groups excluding carboxylic acids is 2. The zero-order valence-corrected chi connectivity index (χ0v) is 10.4. The molecule has 3 N–H and O–H groups in total. The van der Waals surface area contributed by atoms with Crippen LogP contribution in [0.1, 0.15) is 27.7 Å². The number of rotatable bonds is 6. The summed E-state index contributed by atoms with van der Waals surface area (Å²) in [5, 5.41) is 14.1. The Morgan fingerprint density at radius 3 is 2.19 bits per heavy atom. The normalized spacial score (nSPS) is 14.4. The molecule has 0 saturated carbocycles. The van der Waals surface area contributed by atoms with Gasteiger partial charge in [-0.25, -0.2) is 0 Å². The molecule has 2 amide bonds. The Balaban J connectivity index is 4.22. The van der Waals surface area contributed by atoms with Crippen molar-refractivity contribution >= 4 is 11.8 Å². The molecule has 2 atom stereocenters. The summed E-state index contributed by atoms with van der Waals surface area (Å²) in [5.74, 6) is -0.364. The van der Waals surface area contributed by atoms with Gasteiger partial charge in [0.15, 0.2) is 0 Å². The van der Waals surface area contributed by atoms with Gasteiger partial charge in [0.1, 0.15) is 6.04 Å². The van der Waals surface area contributed by atoms with E-state index in [2.05, 4.69) is 10.6 Å². The average Bonchev–Trinajstić information content (AvgIpc) is 2.21. The van der Waals surface area contributed by atoms with Crippen molar-refractivity contribution in [1.29, 1.82) is 0 Å². The molecular weight excluding hydrogens is 208 g/mol. The Labute approximate surface area is 96.6 Å². The van der Waals surface area contributed by atoms with Gasteiger partial charge < -0.3 is 15.7 Å². The highest BCUT2D eigenvalue weighted by atomic mass is 16.3. The minimum Gasteiger partial charge on any atom is -0.396 e. The number of hydrogen-bond acceptors (Lipinski definition) is 3. The largest absolute Gasteiger partial charge is 0.396 e. The predicted octanol–water partition coefficient (Wildman–Crippen LogP) is -0.108. The van der Waals surface area contributed by atoms with Crippen LogP contribution in [-0.2, 0) is 9.59 Å². The quantitative estimate of drug-likeness (QED) is 0.596. The van der Waals surface area contributed by atoms with E-state index in [0.29, 0.717) is 6.54 Å². The van der Waals surface area contributed by atoms with Gasteiger partial charge in [-0.15, -0.1) is 0 Å². The molecule has 0 aliphatic rings. The van der Waals surface area contributed by atoms with Crippen LogP contribution in [0.15, 0.2) is 0 Å².